The Bertz CT molecular complexity index is 1100. The van der Waals surface area contributed by atoms with Crippen LogP contribution in [-0.4, -0.2) is 40.1 Å². The predicted octanol–water partition coefficient (Wildman–Crippen LogP) is 1.80. The molecule has 0 aliphatic heterocycles. The number of carbonyl (C=O) groups is 4. The van der Waals surface area contributed by atoms with Crippen molar-refractivity contribution in [2.75, 3.05) is 0 Å². The van der Waals surface area contributed by atoms with Gasteiger partial charge >= 0.3 is 16.9 Å². The molecule has 2 aromatic heterocycles. The number of thiol groups is 4. The van der Waals surface area contributed by atoms with Crippen molar-refractivity contribution in [3.8, 4) is 0 Å². The molecule has 0 saturated carbocycles. The summed E-state index contributed by atoms with van der Waals surface area (Å²) in [6, 6.07) is 0. The highest BCUT2D eigenvalue weighted by Gasteiger charge is 2.12. The van der Waals surface area contributed by atoms with Gasteiger partial charge in [-0.1, -0.05) is 27.7 Å². The lowest BCUT2D eigenvalue weighted by Gasteiger charge is -1.87. The summed E-state index contributed by atoms with van der Waals surface area (Å²) < 4.78 is 0.298. The Morgan fingerprint density at radius 2 is 1.06 bits per heavy atom. The van der Waals surface area contributed by atoms with Crippen molar-refractivity contribution in [2.45, 2.75) is 53.4 Å². The Hall–Kier alpha value is -2.48. The average molecular weight is 554 g/mol. The standard InChI is InChI=1S/C6H3N5O3.4C3H6OS/c1-7-11-4(12)2-3(10-6(11)14)9-5(13)8-2;4*1-2-3(4)5/h(H,10,14)(H2,8,9,13);4*2H2,1H3,(H,4,5). The number of nitrogens with one attached hydrogen (secondary N) is 3. The van der Waals surface area contributed by atoms with Gasteiger partial charge in [-0.3, -0.25) is 38.9 Å². The maximum Gasteiger partial charge on any atom is 0.398 e. The Morgan fingerprint density at radius 3 is 1.32 bits per heavy atom. The zero-order valence-corrected chi connectivity index (χ0v) is 22.4. The molecule has 0 saturated heterocycles. The van der Waals surface area contributed by atoms with Crippen LogP contribution >= 0.6 is 50.5 Å². The lowest BCUT2D eigenvalue weighted by atomic mass is 10.5. The first-order valence-electron chi connectivity index (χ1n) is 9.44. The Kier molecular flexibility index (Phi) is 22.4. The van der Waals surface area contributed by atoms with Crippen LogP contribution in [0.2, 0.25) is 0 Å². The highest BCUT2D eigenvalue weighted by Crippen LogP contribution is 1.91. The molecule has 0 atom stereocenters. The first-order valence-corrected chi connectivity index (χ1v) is 11.2. The zero-order chi connectivity index (χ0) is 27.4. The zero-order valence-electron chi connectivity index (χ0n) is 18.9. The van der Waals surface area contributed by atoms with Gasteiger partial charge in [0.05, 0.1) is 4.68 Å². The highest BCUT2D eigenvalue weighted by molar-refractivity contribution is 7.97. The fourth-order valence-corrected chi connectivity index (χ4v) is 1.09. The van der Waals surface area contributed by atoms with Gasteiger partial charge < -0.3 is 0 Å². The number of nitrogens with zero attached hydrogens (tertiary/aromatic N) is 2. The van der Waals surface area contributed by atoms with E-state index in [1.54, 1.807) is 27.7 Å². The van der Waals surface area contributed by atoms with Gasteiger partial charge in [0.15, 0.2) is 26.0 Å². The minimum absolute atomic E-state index is 0.00935. The fourth-order valence-electron chi connectivity index (χ4n) is 1.09. The average Bonchev–Trinajstić information content (AvgIpc) is 3.15. The second-order valence-corrected chi connectivity index (χ2v) is 7.46. The van der Waals surface area contributed by atoms with Crippen LogP contribution in [0.15, 0.2) is 14.4 Å². The van der Waals surface area contributed by atoms with Crippen LogP contribution in [0.1, 0.15) is 53.4 Å². The van der Waals surface area contributed by atoms with E-state index in [0.717, 1.165) is 0 Å². The number of hydrogen-bond acceptors (Lipinski definition) is 7. The molecule has 12 nitrogen and oxygen atoms in total. The molecule has 0 bridgehead atoms. The Balaban J connectivity index is -0.000000404. The quantitative estimate of drug-likeness (QED) is 0.223. The third-order valence-corrected chi connectivity index (χ3v) is 4.13. The molecule has 190 valence electrons. The molecule has 2 aromatic rings. The van der Waals surface area contributed by atoms with E-state index < -0.39 is 16.9 Å². The number of rotatable bonds is 4. The smallest absolute Gasteiger partial charge is 0.300 e. The van der Waals surface area contributed by atoms with Gasteiger partial charge in [-0.25, -0.2) is 9.59 Å². The third-order valence-electron chi connectivity index (χ3n) is 2.87. The van der Waals surface area contributed by atoms with Crippen molar-refractivity contribution >= 4 is 82.1 Å². The van der Waals surface area contributed by atoms with Crippen molar-refractivity contribution in [1.82, 2.24) is 19.6 Å². The van der Waals surface area contributed by atoms with Crippen LogP contribution in [-0.2, 0) is 19.2 Å². The predicted molar refractivity (Wildman–Crippen MR) is 143 cm³/mol. The molecule has 3 N–H and O–H groups in total. The molecule has 0 radical (unpaired) electrons. The van der Waals surface area contributed by atoms with Gasteiger partial charge in [0.2, 0.25) is 0 Å². The van der Waals surface area contributed by atoms with Crippen molar-refractivity contribution < 1.29 is 19.2 Å². The van der Waals surface area contributed by atoms with E-state index in [1.807, 2.05) is 0 Å². The van der Waals surface area contributed by atoms with Crippen molar-refractivity contribution in [3.05, 3.63) is 42.8 Å². The molecule has 0 aliphatic rings. The van der Waals surface area contributed by atoms with E-state index in [1.165, 1.54) is 0 Å². The molecule has 34 heavy (non-hydrogen) atoms. The summed E-state index contributed by atoms with van der Waals surface area (Å²) in [4.78, 5) is 81.1. The molecule has 16 heteroatoms. The molecule has 0 aromatic carbocycles. The van der Waals surface area contributed by atoms with Crippen molar-refractivity contribution in [1.29, 1.82) is 0 Å². The second-order valence-electron chi connectivity index (χ2n) is 5.47. The minimum atomic E-state index is -0.882. The van der Waals surface area contributed by atoms with Crippen LogP contribution in [0.5, 0.6) is 0 Å². The second kappa shape index (κ2) is 21.1. The molecule has 0 fully saturated rings. The van der Waals surface area contributed by atoms with Gasteiger partial charge in [-0.05, 0) is 0 Å². The number of fused-ring (bicyclic) bond motifs is 1. The summed E-state index contributed by atoms with van der Waals surface area (Å²) >= 11 is 13.8. The molecule has 2 heterocycles. The largest absolute Gasteiger partial charge is 0.398 e. The number of carbonyl (C=O) groups excluding carboxylic acids is 4. The van der Waals surface area contributed by atoms with Crippen LogP contribution < -0.4 is 16.9 Å². The van der Waals surface area contributed by atoms with Crippen molar-refractivity contribution in [3.63, 3.8) is 0 Å². The Morgan fingerprint density at radius 1 is 0.735 bits per heavy atom. The Labute approximate surface area is 216 Å². The number of aromatic nitrogens is 4. The third kappa shape index (κ3) is 19.0. The normalized spacial score (nSPS) is 8.68. The van der Waals surface area contributed by atoms with Crippen LogP contribution in [0.3, 0.4) is 0 Å². The topological polar surface area (TPSA) is 176 Å². The van der Waals surface area contributed by atoms with E-state index in [9.17, 15) is 33.6 Å². The van der Waals surface area contributed by atoms with Gasteiger partial charge in [-0.2, -0.15) is 6.57 Å². The summed E-state index contributed by atoms with van der Waals surface area (Å²) in [7, 11) is 0. The number of hydrogen-bond donors (Lipinski definition) is 7. The van der Waals surface area contributed by atoms with E-state index in [0.29, 0.717) is 30.4 Å². The SMILES string of the molecule is CCC(=O)S.CCC(=O)S.CCC(=O)S.CCC(=O)S.[C-]#[N+]n1c(=O)[nH]c2[nH]c(=O)[nH]c2c1=O. The maximum absolute atomic E-state index is 11.3. The van der Waals surface area contributed by atoms with Crippen LogP contribution in [0.25, 0.3) is 16.1 Å². The lowest BCUT2D eigenvalue weighted by Crippen LogP contribution is -2.30. The molecule has 0 amide bonds. The lowest BCUT2D eigenvalue weighted by molar-refractivity contribution is -0.111. The molecule has 0 unspecified atom stereocenters. The van der Waals surface area contributed by atoms with Crippen LogP contribution in [0, 0.1) is 6.57 Å². The highest BCUT2D eigenvalue weighted by atomic mass is 32.1. The summed E-state index contributed by atoms with van der Waals surface area (Å²) in [5.74, 6) is 0. The molecular formula is C18H27N5O7S4. The van der Waals surface area contributed by atoms with Crippen molar-refractivity contribution in [2.24, 2.45) is 0 Å². The van der Waals surface area contributed by atoms with E-state index in [4.69, 9.17) is 6.57 Å². The first-order chi connectivity index (χ1) is 15.7. The minimum Gasteiger partial charge on any atom is -0.300 e. The van der Waals surface area contributed by atoms with E-state index >= 15 is 0 Å². The fraction of sp³-hybridized carbons (Fsp3) is 0.444. The monoisotopic (exact) mass is 553 g/mol. The molecule has 2 rings (SSSR count). The number of aromatic amines is 3. The van der Waals surface area contributed by atoms with Gasteiger partial charge in [0.1, 0.15) is 5.65 Å². The summed E-state index contributed by atoms with van der Waals surface area (Å²) in [6.07, 6.45) is 2.12. The van der Waals surface area contributed by atoms with E-state index in [-0.39, 0.29) is 31.6 Å². The van der Waals surface area contributed by atoms with Gasteiger partial charge in [-0.15, -0.1) is 55.5 Å². The molecule has 0 aliphatic carbocycles. The number of imidazole rings is 1. The summed E-state index contributed by atoms with van der Waals surface area (Å²) in [5, 5.41) is -0.204. The summed E-state index contributed by atoms with van der Waals surface area (Å²) in [5.41, 5.74) is -2.48. The summed E-state index contributed by atoms with van der Waals surface area (Å²) in [6.45, 7) is 13.7. The molecular weight excluding hydrogens is 526 g/mol. The maximum atomic E-state index is 11.3. The number of H-pyrrole nitrogens is 3. The van der Waals surface area contributed by atoms with Gasteiger partial charge in [0, 0.05) is 25.7 Å². The molecule has 0 spiro atoms. The van der Waals surface area contributed by atoms with E-state index in [2.05, 4.69) is 70.4 Å². The van der Waals surface area contributed by atoms with Crippen LogP contribution in [0.4, 0.5) is 0 Å². The van der Waals surface area contributed by atoms with Gasteiger partial charge in [0.25, 0.3) is 0 Å². The first kappa shape index (κ1) is 36.1.